The number of rotatable bonds is 5. The third-order valence-corrected chi connectivity index (χ3v) is 4.70. The molecule has 1 N–H and O–H groups in total. The van der Waals surface area contributed by atoms with Gasteiger partial charge in [0.1, 0.15) is 28.4 Å². The Hall–Kier alpha value is -3.52. The Morgan fingerprint density at radius 3 is 2.64 bits per heavy atom. The molecule has 3 heterocycles. The van der Waals surface area contributed by atoms with Crippen LogP contribution in [0.25, 0.3) is 22.6 Å². The first-order valence-electron chi connectivity index (χ1n) is 8.46. The minimum atomic E-state index is -0.348. The van der Waals surface area contributed by atoms with Crippen molar-refractivity contribution in [1.29, 1.82) is 0 Å². The maximum atomic E-state index is 13.0. The Bertz CT molecular complexity index is 1110. The van der Waals surface area contributed by atoms with Crippen molar-refractivity contribution in [1.82, 2.24) is 14.5 Å². The lowest BCUT2D eigenvalue weighted by Crippen LogP contribution is -2.14. The van der Waals surface area contributed by atoms with Crippen LogP contribution in [0, 0.1) is 6.92 Å². The molecule has 0 spiro atoms. The predicted octanol–water partition coefficient (Wildman–Crippen LogP) is 4.43. The molecule has 0 unspecified atom stereocenters. The van der Waals surface area contributed by atoms with Gasteiger partial charge in [0.2, 0.25) is 5.88 Å². The maximum Gasteiger partial charge on any atom is 0.261 e. The first-order valence-corrected chi connectivity index (χ1v) is 9.30. The standard InChI is InChI=1S/C20H16N4O3S/c1-12-17(18(23-27-12)13-6-4-3-5-7-13)19(25)21-16-9-8-14(22-20(16)26-2)15-10-11-28-24-15/h3-11H,1-2H3,(H,21,25). The number of nitrogens with one attached hydrogen (secondary N) is 1. The van der Waals surface area contributed by atoms with Gasteiger partial charge in [-0.3, -0.25) is 4.79 Å². The molecule has 0 aliphatic rings. The van der Waals surface area contributed by atoms with Crippen molar-refractivity contribution >= 4 is 23.1 Å². The van der Waals surface area contributed by atoms with Gasteiger partial charge in [0.05, 0.1) is 12.8 Å². The molecule has 1 aromatic carbocycles. The van der Waals surface area contributed by atoms with Gasteiger partial charge in [-0.05, 0) is 36.7 Å². The van der Waals surface area contributed by atoms with Crippen molar-refractivity contribution in [2.45, 2.75) is 6.92 Å². The van der Waals surface area contributed by atoms with Crippen LogP contribution in [-0.2, 0) is 0 Å². The van der Waals surface area contributed by atoms with Gasteiger partial charge in [-0.15, -0.1) is 0 Å². The molecule has 0 atom stereocenters. The van der Waals surface area contributed by atoms with Crippen LogP contribution in [0.1, 0.15) is 16.1 Å². The second kappa shape index (κ2) is 7.61. The normalized spacial score (nSPS) is 10.6. The molecule has 3 aromatic heterocycles. The van der Waals surface area contributed by atoms with Crippen LogP contribution in [0.4, 0.5) is 5.69 Å². The fourth-order valence-electron chi connectivity index (χ4n) is 2.80. The zero-order valence-corrected chi connectivity index (χ0v) is 16.0. The Morgan fingerprint density at radius 1 is 1.11 bits per heavy atom. The second-order valence-electron chi connectivity index (χ2n) is 5.92. The van der Waals surface area contributed by atoms with Crippen LogP contribution >= 0.6 is 11.5 Å². The molecule has 140 valence electrons. The minimum Gasteiger partial charge on any atom is -0.479 e. The maximum absolute atomic E-state index is 13.0. The summed E-state index contributed by atoms with van der Waals surface area (Å²) in [5.74, 6) is 0.385. The monoisotopic (exact) mass is 392 g/mol. The molecule has 4 rings (SSSR count). The van der Waals surface area contributed by atoms with E-state index in [0.29, 0.717) is 34.3 Å². The average Bonchev–Trinajstić information content (AvgIpc) is 3.39. The fourth-order valence-corrected chi connectivity index (χ4v) is 3.31. The van der Waals surface area contributed by atoms with Crippen molar-refractivity contribution in [3.05, 3.63) is 65.2 Å². The highest BCUT2D eigenvalue weighted by molar-refractivity contribution is 7.03. The first-order chi connectivity index (χ1) is 13.7. The van der Waals surface area contributed by atoms with Crippen LogP contribution in [-0.4, -0.2) is 27.5 Å². The van der Waals surface area contributed by atoms with E-state index in [-0.39, 0.29) is 5.91 Å². The van der Waals surface area contributed by atoms with E-state index in [2.05, 4.69) is 19.8 Å². The van der Waals surface area contributed by atoms with Crippen LogP contribution in [0.2, 0.25) is 0 Å². The number of pyridine rings is 1. The summed E-state index contributed by atoms with van der Waals surface area (Å²) in [5, 5.41) is 8.77. The zero-order valence-electron chi connectivity index (χ0n) is 15.2. The SMILES string of the molecule is COc1nc(-c2ccsn2)ccc1NC(=O)c1c(-c2ccccc2)noc1C. The quantitative estimate of drug-likeness (QED) is 0.540. The van der Waals surface area contributed by atoms with Gasteiger partial charge in [-0.25, -0.2) is 4.98 Å². The van der Waals surface area contributed by atoms with Crippen LogP contribution in [0.5, 0.6) is 5.88 Å². The van der Waals surface area contributed by atoms with E-state index >= 15 is 0 Å². The second-order valence-corrected chi connectivity index (χ2v) is 6.59. The molecule has 0 saturated heterocycles. The number of carbonyl (C=O) groups excluding carboxylic acids is 1. The van der Waals surface area contributed by atoms with Gasteiger partial charge in [0.25, 0.3) is 5.91 Å². The minimum absolute atomic E-state index is 0.300. The Kier molecular flexibility index (Phi) is 4.86. The Labute approximate surface area is 165 Å². The number of amides is 1. The third-order valence-electron chi connectivity index (χ3n) is 4.14. The third kappa shape index (κ3) is 3.37. The highest BCUT2D eigenvalue weighted by Gasteiger charge is 2.23. The number of carbonyl (C=O) groups is 1. The Balaban J connectivity index is 1.65. The van der Waals surface area contributed by atoms with E-state index in [1.807, 2.05) is 41.8 Å². The molecule has 0 saturated carbocycles. The summed E-state index contributed by atoms with van der Waals surface area (Å²) >= 11 is 1.34. The lowest BCUT2D eigenvalue weighted by Gasteiger charge is -2.10. The lowest BCUT2D eigenvalue weighted by atomic mass is 10.1. The number of nitrogens with zero attached hydrogens (tertiary/aromatic N) is 3. The fraction of sp³-hybridized carbons (Fsp3) is 0.100. The molecule has 0 aliphatic heterocycles. The molecule has 4 aromatic rings. The first kappa shape index (κ1) is 17.9. The summed E-state index contributed by atoms with van der Waals surface area (Å²) in [6, 6.07) is 14.8. The molecule has 8 heteroatoms. The number of anilines is 1. The van der Waals surface area contributed by atoms with E-state index in [1.165, 1.54) is 18.6 Å². The molecule has 0 radical (unpaired) electrons. The van der Waals surface area contributed by atoms with Crippen molar-refractivity contribution in [2.75, 3.05) is 12.4 Å². The number of aryl methyl sites for hydroxylation is 1. The van der Waals surface area contributed by atoms with Crippen LogP contribution in [0.3, 0.4) is 0 Å². The van der Waals surface area contributed by atoms with Gasteiger partial charge in [-0.1, -0.05) is 35.5 Å². The summed E-state index contributed by atoms with van der Waals surface area (Å²) in [7, 11) is 1.50. The van der Waals surface area contributed by atoms with Crippen molar-refractivity contribution in [3.8, 4) is 28.5 Å². The van der Waals surface area contributed by atoms with E-state index in [1.54, 1.807) is 19.1 Å². The van der Waals surface area contributed by atoms with E-state index in [4.69, 9.17) is 9.26 Å². The van der Waals surface area contributed by atoms with Gasteiger partial charge in [0.15, 0.2) is 0 Å². The summed E-state index contributed by atoms with van der Waals surface area (Å²) < 4.78 is 14.9. The van der Waals surface area contributed by atoms with E-state index in [9.17, 15) is 4.79 Å². The summed E-state index contributed by atoms with van der Waals surface area (Å²) in [4.78, 5) is 17.4. The number of aromatic nitrogens is 3. The molecule has 0 bridgehead atoms. The molecular formula is C20H16N4O3S. The molecule has 0 aliphatic carbocycles. The zero-order chi connectivity index (χ0) is 19.5. The molecule has 0 fully saturated rings. The lowest BCUT2D eigenvalue weighted by molar-refractivity contribution is 0.102. The van der Waals surface area contributed by atoms with Crippen molar-refractivity contribution < 1.29 is 14.1 Å². The highest BCUT2D eigenvalue weighted by atomic mass is 32.1. The van der Waals surface area contributed by atoms with Gasteiger partial charge in [0, 0.05) is 10.9 Å². The number of ether oxygens (including phenoxy) is 1. The van der Waals surface area contributed by atoms with Gasteiger partial charge < -0.3 is 14.6 Å². The van der Waals surface area contributed by atoms with Crippen LogP contribution in [0.15, 0.2) is 58.4 Å². The number of benzene rings is 1. The average molecular weight is 392 g/mol. The number of methoxy groups -OCH3 is 1. The summed E-state index contributed by atoms with van der Waals surface area (Å²) in [6.45, 7) is 1.70. The van der Waals surface area contributed by atoms with Crippen LogP contribution < -0.4 is 10.1 Å². The van der Waals surface area contributed by atoms with Crippen molar-refractivity contribution in [2.24, 2.45) is 0 Å². The van der Waals surface area contributed by atoms with Crippen molar-refractivity contribution in [3.63, 3.8) is 0 Å². The summed E-state index contributed by atoms with van der Waals surface area (Å²) in [6.07, 6.45) is 0. The molecule has 28 heavy (non-hydrogen) atoms. The van der Waals surface area contributed by atoms with E-state index < -0.39 is 0 Å². The van der Waals surface area contributed by atoms with Gasteiger partial charge in [-0.2, -0.15) is 4.37 Å². The Morgan fingerprint density at radius 2 is 1.93 bits per heavy atom. The number of hydrogen-bond donors (Lipinski definition) is 1. The smallest absolute Gasteiger partial charge is 0.261 e. The number of hydrogen-bond acceptors (Lipinski definition) is 7. The molecular weight excluding hydrogens is 376 g/mol. The largest absolute Gasteiger partial charge is 0.479 e. The molecule has 7 nitrogen and oxygen atoms in total. The highest BCUT2D eigenvalue weighted by Crippen LogP contribution is 2.29. The summed E-state index contributed by atoms with van der Waals surface area (Å²) in [5.41, 5.74) is 3.53. The topological polar surface area (TPSA) is 90.1 Å². The van der Waals surface area contributed by atoms with E-state index in [0.717, 1.165) is 11.3 Å². The van der Waals surface area contributed by atoms with Gasteiger partial charge >= 0.3 is 0 Å². The predicted molar refractivity (Wildman–Crippen MR) is 107 cm³/mol. The molecule has 1 amide bonds.